The highest BCUT2D eigenvalue weighted by Crippen LogP contribution is 2.38. The largest absolute Gasteiger partial charge is 0.396 e. The molecule has 0 radical (unpaired) electrons. The fraction of sp³-hybridized carbons (Fsp3) is 1.00. The molecule has 1 N–H and O–H groups in total. The third kappa shape index (κ3) is 3.58. The summed E-state index contributed by atoms with van der Waals surface area (Å²) in [5.74, 6) is 0. The van der Waals surface area contributed by atoms with Crippen LogP contribution in [0.4, 0.5) is 0 Å². The second-order valence-electron chi connectivity index (χ2n) is 4.67. The molecule has 2 nitrogen and oxygen atoms in total. The zero-order valence-corrected chi connectivity index (χ0v) is 9.43. The fourth-order valence-corrected chi connectivity index (χ4v) is 2.56. The van der Waals surface area contributed by atoms with Gasteiger partial charge in [-0.05, 0) is 31.1 Å². The van der Waals surface area contributed by atoms with E-state index in [1.165, 1.54) is 38.5 Å². The molecular weight excluding hydrogens is 176 g/mol. The summed E-state index contributed by atoms with van der Waals surface area (Å²) in [6.45, 7) is 1.21. The normalized spacial score (nSPS) is 21.9. The minimum absolute atomic E-state index is 0.231. The van der Waals surface area contributed by atoms with Gasteiger partial charge in [0.15, 0.2) is 0 Å². The van der Waals surface area contributed by atoms with E-state index >= 15 is 0 Å². The third-order valence-corrected chi connectivity index (χ3v) is 3.56. The molecule has 0 aliphatic heterocycles. The molecule has 14 heavy (non-hydrogen) atoms. The van der Waals surface area contributed by atoms with Gasteiger partial charge < -0.3 is 9.84 Å². The van der Waals surface area contributed by atoms with Gasteiger partial charge in [-0.3, -0.25) is 0 Å². The van der Waals surface area contributed by atoms with Crippen molar-refractivity contribution in [3.8, 4) is 0 Å². The molecular formula is C12H24O2. The molecule has 0 aromatic heterocycles. The number of methoxy groups -OCH3 is 1. The Balaban J connectivity index is 2.37. The average molecular weight is 200 g/mol. The van der Waals surface area contributed by atoms with E-state index in [0.717, 1.165) is 19.4 Å². The molecule has 0 unspecified atom stereocenters. The van der Waals surface area contributed by atoms with Crippen LogP contribution in [0.1, 0.15) is 51.4 Å². The maximum Gasteiger partial charge on any atom is 0.0487 e. The SMILES string of the molecule is COCCCC1(CO)CCCCCC1. The van der Waals surface area contributed by atoms with E-state index in [9.17, 15) is 5.11 Å². The van der Waals surface area contributed by atoms with Crippen LogP contribution in [0.2, 0.25) is 0 Å². The molecule has 0 amide bonds. The molecule has 84 valence electrons. The highest BCUT2D eigenvalue weighted by Gasteiger charge is 2.29. The molecule has 1 aliphatic rings. The molecule has 0 saturated heterocycles. The Bertz CT molecular complexity index is 137. The first-order chi connectivity index (χ1) is 6.83. The first kappa shape index (κ1) is 12.0. The Morgan fingerprint density at radius 1 is 1.14 bits per heavy atom. The number of hydrogen-bond acceptors (Lipinski definition) is 2. The zero-order valence-electron chi connectivity index (χ0n) is 9.43. The second-order valence-corrected chi connectivity index (χ2v) is 4.67. The number of aliphatic hydroxyl groups is 1. The number of ether oxygens (including phenoxy) is 1. The van der Waals surface area contributed by atoms with Crippen molar-refractivity contribution in [2.45, 2.75) is 51.4 Å². The van der Waals surface area contributed by atoms with Gasteiger partial charge in [0.2, 0.25) is 0 Å². The lowest BCUT2D eigenvalue weighted by Crippen LogP contribution is -2.25. The lowest BCUT2D eigenvalue weighted by Gasteiger charge is -2.30. The molecule has 1 fully saturated rings. The molecule has 0 spiro atoms. The van der Waals surface area contributed by atoms with Crippen LogP contribution < -0.4 is 0 Å². The van der Waals surface area contributed by atoms with Gasteiger partial charge in [-0.25, -0.2) is 0 Å². The van der Waals surface area contributed by atoms with Crippen molar-refractivity contribution in [1.29, 1.82) is 0 Å². The summed E-state index contributed by atoms with van der Waals surface area (Å²) in [6, 6.07) is 0. The Morgan fingerprint density at radius 2 is 1.79 bits per heavy atom. The molecule has 0 bridgehead atoms. The summed E-state index contributed by atoms with van der Waals surface area (Å²) in [5, 5.41) is 9.53. The monoisotopic (exact) mass is 200 g/mol. The predicted molar refractivity (Wildman–Crippen MR) is 58.3 cm³/mol. The first-order valence-corrected chi connectivity index (χ1v) is 5.93. The molecule has 1 aliphatic carbocycles. The van der Waals surface area contributed by atoms with E-state index < -0.39 is 0 Å². The standard InChI is InChI=1S/C12H24O2/c1-14-10-6-9-12(11-13)7-4-2-3-5-8-12/h13H,2-11H2,1H3. The summed E-state index contributed by atoms with van der Waals surface area (Å²) in [5.41, 5.74) is 0.231. The van der Waals surface area contributed by atoms with Crippen LogP contribution in [0.25, 0.3) is 0 Å². The summed E-state index contributed by atoms with van der Waals surface area (Å²) in [7, 11) is 1.75. The Labute approximate surface area is 87.7 Å². The second kappa shape index (κ2) is 6.41. The molecule has 0 heterocycles. The number of hydrogen-bond donors (Lipinski definition) is 1. The highest BCUT2D eigenvalue weighted by molar-refractivity contribution is 4.80. The minimum atomic E-state index is 0.231. The topological polar surface area (TPSA) is 29.5 Å². The van der Waals surface area contributed by atoms with Gasteiger partial charge in [-0.1, -0.05) is 25.7 Å². The van der Waals surface area contributed by atoms with E-state index in [0.29, 0.717) is 6.61 Å². The van der Waals surface area contributed by atoms with E-state index in [1.807, 2.05) is 0 Å². The van der Waals surface area contributed by atoms with E-state index in [2.05, 4.69) is 0 Å². The number of rotatable bonds is 5. The minimum Gasteiger partial charge on any atom is -0.396 e. The zero-order chi connectivity index (χ0) is 10.3. The van der Waals surface area contributed by atoms with Gasteiger partial charge in [-0.2, -0.15) is 0 Å². The predicted octanol–water partition coefficient (Wildman–Crippen LogP) is 2.75. The van der Waals surface area contributed by atoms with E-state index in [-0.39, 0.29) is 5.41 Å². The van der Waals surface area contributed by atoms with Crippen molar-refractivity contribution in [2.24, 2.45) is 5.41 Å². The smallest absolute Gasteiger partial charge is 0.0487 e. The van der Waals surface area contributed by atoms with Gasteiger partial charge in [0, 0.05) is 20.3 Å². The third-order valence-electron chi connectivity index (χ3n) is 3.56. The van der Waals surface area contributed by atoms with Crippen LogP contribution in [0.3, 0.4) is 0 Å². The van der Waals surface area contributed by atoms with Crippen LogP contribution in [0, 0.1) is 5.41 Å². The van der Waals surface area contributed by atoms with Crippen LogP contribution in [0.15, 0.2) is 0 Å². The molecule has 1 rings (SSSR count). The van der Waals surface area contributed by atoms with Gasteiger partial charge in [0.05, 0.1) is 0 Å². The summed E-state index contributed by atoms with van der Waals surface area (Å²) in [4.78, 5) is 0. The van der Waals surface area contributed by atoms with Crippen molar-refractivity contribution in [1.82, 2.24) is 0 Å². The van der Waals surface area contributed by atoms with Crippen LogP contribution in [-0.4, -0.2) is 25.4 Å². The van der Waals surface area contributed by atoms with Gasteiger partial charge in [0.1, 0.15) is 0 Å². The Kier molecular flexibility index (Phi) is 5.49. The van der Waals surface area contributed by atoms with Crippen LogP contribution in [-0.2, 0) is 4.74 Å². The van der Waals surface area contributed by atoms with Crippen molar-refractivity contribution in [3.05, 3.63) is 0 Å². The molecule has 0 atom stereocenters. The molecule has 1 saturated carbocycles. The molecule has 0 aromatic carbocycles. The number of aliphatic hydroxyl groups excluding tert-OH is 1. The maximum absolute atomic E-state index is 9.53. The van der Waals surface area contributed by atoms with Crippen LogP contribution >= 0.6 is 0 Å². The van der Waals surface area contributed by atoms with E-state index in [1.54, 1.807) is 7.11 Å². The quantitative estimate of drug-likeness (QED) is 0.546. The summed E-state index contributed by atoms with van der Waals surface area (Å²) < 4.78 is 5.07. The van der Waals surface area contributed by atoms with Crippen molar-refractivity contribution in [2.75, 3.05) is 20.3 Å². The summed E-state index contributed by atoms with van der Waals surface area (Å²) >= 11 is 0. The molecule has 2 heteroatoms. The van der Waals surface area contributed by atoms with Gasteiger partial charge >= 0.3 is 0 Å². The van der Waals surface area contributed by atoms with Gasteiger partial charge in [0.25, 0.3) is 0 Å². The highest BCUT2D eigenvalue weighted by atomic mass is 16.5. The maximum atomic E-state index is 9.53. The van der Waals surface area contributed by atoms with Gasteiger partial charge in [-0.15, -0.1) is 0 Å². The van der Waals surface area contributed by atoms with Crippen molar-refractivity contribution < 1.29 is 9.84 Å². The Morgan fingerprint density at radius 3 is 2.29 bits per heavy atom. The summed E-state index contributed by atoms with van der Waals surface area (Å²) in [6.07, 6.45) is 9.97. The Hall–Kier alpha value is -0.0800. The van der Waals surface area contributed by atoms with E-state index in [4.69, 9.17) is 4.74 Å². The first-order valence-electron chi connectivity index (χ1n) is 5.93. The van der Waals surface area contributed by atoms with Crippen molar-refractivity contribution >= 4 is 0 Å². The average Bonchev–Trinajstić information content (AvgIpc) is 2.45. The fourth-order valence-electron chi connectivity index (χ4n) is 2.56. The van der Waals surface area contributed by atoms with Crippen molar-refractivity contribution in [3.63, 3.8) is 0 Å². The van der Waals surface area contributed by atoms with Crippen LogP contribution in [0.5, 0.6) is 0 Å². The lowest BCUT2D eigenvalue weighted by molar-refractivity contribution is 0.0828. The lowest BCUT2D eigenvalue weighted by atomic mass is 9.77. The molecule has 0 aromatic rings.